The smallest absolute Gasteiger partial charge is 0.342 e. The maximum absolute atomic E-state index is 12.4. The van der Waals surface area contributed by atoms with Gasteiger partial charge < -0.3 is 19.5 Å². The molecule has 2 aromatic rings. The van der Waals surface area contributed by atoms with Crippen LogP contribution in [0.25, 0.3) is 0 Å². The van der Waals surface area contributed by atoms with Gasteiger partial charge in [-0.15, -0.1) is 0 Å². The van der Waals surface area contributed by atoms with Crippen LogP contribution < -0.4 is 14.8 Å². The predicted octanol–water partition coefficient (Wildman–Crippen LogP) is 2.80. The fourth-order valence-corrected chi connectivity index (χ4v) is 2.30. The Morgan fingerprint density at radius 2 is 1.78 bits per heavy atom. The summed E-state index contributed by atoms with van der Waals surface area (Å²) in [5.74, 6) is -0.990. The molecule has 27 heavy (non-hydrogen) atoms. The summed E-state index contributed by atoms with van der Waals surface area (Å²) in [7, 11) is 2.80. The van der Waals surface area contributed by atoms with E-state index in [-0.39, 0.29) is 22.7 Å². The topological polar surface area (TPSA) is 117 Å². The largest absolute Gasteiger partial charge is 0.493 e. The van der Waals surface area contributed by atoms with E-state index in [0.717, 1.165) is 0 Å². The molecule has 0 spiro atoms. The molecule has 1 atom stereocenters. The van der Waals surface area contributed by atoms with Crippen LogP contribution >= 0.6 is 0 Å². The third-order valence-electron chi connectivity index (χ3n) is 3.63. The zero-order valence-electron chi connectivity index (χ0n) is 14.9. The maximum atomic E-state index is 12.4. The van der Waals surface area contributed by atoms with Gasteiger partial charge in [-0.05, 0) is 25.1 Å². The van der Waals surface area contributed by atoms with Gasteiger partial charge in [-0.25, -0.2) is 4.79 Å². The molecule has 2 rings (SSSR count). The number of carbonyl (C=O) groups is 2. The summed E-state index contributed by atoms with van der Waals surface area (Å²) in [6.45, 7) is 1.36. The third kappa shape index (κ3) is 4.51. The Hall–Kier alpha value is -3.62. The number of anilines is 1. The van der Waals surface area contributed by atoms with Gasteiger partial charge in [0.25, 0.3) is 11.6 Å². The standard InChI is InChI=1S/C18H18N2O7/c1-11(17(21)19-13-8-4-5-9-14(13)20(23)24)27-18(22)12-7-6-10-15(25-2)16(12)26-3/h4-11H,1-3H3,(H,19,21)/t11-/m1/s1. The molecule has 0 aliphatic carbocycles. The van der Waals surface area contributed by atoms with Gasteiger partial charge in [0.05, 0.1) is 19.1 Å². The molecule has 2 aromatic carbocycles. The first-order valence-corrected chi connectivity index (χ1v) is 7.85. The molecule has 1 N–H and O–H groups in total. The number of methoxy groups -OCH3 is 2. The van der Waals surface area contributed by atoms with E-state index < -0.39 is 22.9 Å². The first-order chi connectivity index (χ1) is 12.9. The molecule has 1 amide bonds. The van der Waals surface area contributed by atoms with Crippen molar-refractivity contribution in [2.45, 2.75) is 13.0 Å². The highest BCUT2D eigenvalue weighted by Crippen LogP contribution is 2.31. The number of nitrogens with one attached hydrogen (secondary N) is 1. The number of nitrogens with zero attached hydrogens (tertiary/aromatic N) is 1. The Kier molecular flexibility index (Phi) is 6.32. The van der Waals surface area contributed by atoms with E-state index in [4.69, 9.17) is 14.2 Å². The number of nitro groups is 1. The van der Waals surface area contributed by atoms with Crippen molar-refractivity contribution in [2.24, 2.45) is 0 Å². The fraction of sp³-hybridized carbons (Fsp3) is 0.222. The minimum atomic E-state index is -1.20. The Morgan fingerprint density at radius 3 is 2.41 bits per heavy atom. The zero-order chi connectivity index (χ0) is 20.0. The quantitative estimate of drug-likeness (QED) is 0.450. The van der Waals surface area contributed by atoms with Gasteiger partial charge >= 0.3 is 5.97 Å². The molecule has 0 bridgehead atoms. The van der Waals surface area contributed by atoms with Gasteiger partial charge in [0.15, 0.2) is 17.6 Å². The molecule has 0 aliphatic heterocycles. The molecule has 9 heteroatoms. The Morgan fingerprint density at radius 1 is 1.07 bits per heavy atom. The van der Waals surface area contributed by atoms with Crippen molar-refractivity contribution in [3.63, 3.8) is 0 Å². The van der Waals surface area contributed by atoms with Crippen molar-refractivity contribution >= 4 is 23.3 Å². The molecular formula is C18H18N2O7. The van der Waals surface area contributed by atoms with Crippen molar-refractivity contribution in [1.82, 2.24) is 0 Å². The van der Waals surface area contributed by atoms with E-state index in [9.17, 15) is 19.7 Å². The molecule has 142 valence electrons. The van der Waals surface area contributed by atoms with Crippen LogP contribution in [0.15, 0.2) is 42.5 Å². The van der Waals surface area contributed by atoms with Crippen molar-refractivity contribution in [2.75, 3.05) is 19.5 Å². The summed E-state index contributed by atoms with van der Waals surface area (Å²) < 4.78 is 15.4. The first-order valence-electron chi connectivity index (χ1n) is 7.85. The molecule has 0 heterocycles. The van der Waals surface area contributed by atoms with Crippen molar-refractivity contribution in [3.05, 3.63) is 58.1 Å². The summed E-state index contributed by atoms with van der Waals surface area (Å²) in [5, 5.41) is 13.4. The van der Waals surface area contributed by atoms with Gasteiger partial charge in [-0.2, -0.15) is 0 Å². The van der Waals surface area contributed by atoms with Crippen molar-refractivity contribution in [3.8, 4) is 11.5 Å². The SMILES string of the molecule is COc1cccc(C(=O)O[C@H](C)C(=O)Nc2ccccc2[N+](=O)[O-])c1OC. The average molecular weight is 374 g/mol. The van der Waals surface area contributed by atoms with E-state index in [1.165, 1.54) is 45.4 Å². The zero-order valence-corrected chi connectivity index (χ0v) is 14.9. The predicted molar refractivity (Wildman–Crippen MR) is 96.1 cm³/mol. The number of hydrogen-bond acceptors (Lipinski definition) is 7. The second-order valence-corrected chi connectivity index (χ2v) is 5.35. The number of nitro benzene ring substituents is 1. The molecule has 0 radical (unpaired) electrons. The molecular weight excluding hydrogens is 356 g/mol. The number of amides is 1. The molecule has 0 aliphatic rings. The van der Waals surface area contributed by atoms with E-state index in [1.54, 1.807) is 18.2 Å². The Labute approximate surface area is 155 Å². The normalized spacial score (nSPS) is 11.2. The number of para-hydroxylation sites is 3. The molecule has 0 fully saturated rings. The van der Waals surface area contributed by atoms with Gasteiger partial charge in [0.2, 0.25) is 0 Å². The van der Waals surface area contributed by atoms with E-state index >= 15 is 0 Å². The Bertz CT molecular complexity index is 867. The van der Waals surface area contributed by atoms with Crippen LogP contribution in [0.3, 0.4) is 0 Å². The molecule has 0 saturated carbocycles. The lowest BCUT2D eigenvalue weighted by molar-refractivity contribution is -0.383. The highest BCUT2D eigenvalue weighted by Gasteiger charge is 2.24. The monoisotopic (exact) mass is 374 g/mol. The number of rotatable bonds is 7. The molecule has 0 unspecified atom stereocenters. The maximum Gasteiger partial charge on any atom is 0.342 e. The minimum absolute atomic E-state index is 0.00867. The minimum Gasteiger partial charge on any atom is -0.493 e. The van der Waals surface area contributed by atoms with Gasteiger partial charge in [0.1, 0.15) is 11.3 Å². The van der Waals surface area contributed by atoms with Crippen LogP contribution in [-0.4, -0.2) is 37.1 Å². The third-order valence-corrected chi connectivity index (χ3v) is 3.63. The first kappa shape index (κ1) is 19.7. The Balaban J connectivity index is 2.13. The van der Waals surface area contributed by atoms with Crippen molar-refractivity contribution < 1.29 is 28.7 Å². The number of hydrogen-bond donors (Lipinski definition) is 1. The van der Waals surface area contributed by atoms with Crippen LogP contribution in [0, 0.1) is 10.1 Å². The van der Waals surface area contributed by atoms with Crippen LogP contribution in [0.4, 0.5) is 11.4 Å². The van der Waals surface area contributed by atoms with Crippen LogP contribution in [-0.2, 0) is 9.53 Å². The fourth-order valence-electron chi connectivity index (χ4n) is 2.30. The highest BCUT2D eigenvalue weighted by atomic mass is 16.6. The second kappa shape index (κ2) is 8.65. The summed E-state index contributed by atoms with van der Waals surface area (Å²) in [6, 6.07) is 10.3. The van der Waals surface area contributed by atoms with Gasteiger partial charge in [0, 0.05) is 6.07 Å². The van der Waals surface area contributed by atoms with Crippen LogP contribution in [0.2, 0.25) is 0 Å². The summed E-state index contributed by atoms with van der Waals surface area (Å²) in [4.78, 5) is 35.0. The second-order valence-electron chi connectivity index (χ2n) is 5.35. The van der Waals surface area contributed by atoms with E-state index in [0.29, 0.717) is 5.75 Å². The average Bonchev–Trinajstić information content (AvgIpc) is 2.67. The van der Waals surface area contributed by atoms with E-state index in [1.807, 2.05) is 0 Å². The molecule has 9 nitrogen and oxygen atoms in total. The lowest BCUT2D eigenvalue weighted by Gasteiger charge is -2.16. The number of carbonyl (C=O) groups excluding carboxylic acids is 2. The number of esters is 1. The lowest BCUT2D eigenvalue weighted by atomic mass is 10.2. The molecule has 0 saturated heterocycles. The van der Waals surface area contributed by atoms with Crippen LogP contribution in [0.5, 0.6) is 11.5 Å². The summed E-state index contributed by atoms with van der Waals surface area (Å²) >= 11 is 0. The van der Waals surface area contributed by atoms with Crippen LogP contribution in [0.1, 0.15) is 17.3 Å². The van der Waals surface area contributed by atoms with Gasteiger partial charge in [-0.1, -0.05) is 18.2 Å². The molecule has 0 aromatic heterocycles. The lowest BCUT2D eigenvalue weighted by Crippen LogP contribution is -2.30. The summed E-state index contributed by atoms with van der Waals surface area (Å²) in [6.07, 6.45) is -1.20. The van der Waals surface area contributed by atoms with Crippen molar-refractivity contribution in [1.29, 1.82) is 0 Å². The highest BCUT2D eigenvalue weighted by molar-refractivity contribution is 5.99. The van der Waals surface area contributed by atoms with E-state index in [2.05, 4.69) is 5.32 Å². The van der Waals surface area contributed by atoms with Gasteiger partial charge in [-0.3, -0.25) is 14.9 Å². The number of ether oxygens (including phenoxy) is 3. The summed E-state index contributed by atoms with van der Waals surface area (Å²) in [5.41, 5.74) is -0.171. The number of benzene rings is 2.